The van der Waals surface area contributed by atoms with Gasteiger partial charge in [0.2, 0.25) is 0 Å². The number of fused-ring (bicyclic) bond motifs is 5. The van der Waals surface area contributed by atoms with Gasteiger partial charge >= 0.3 is 6.01 Å². The van der Waals surface area contributed by atoms with Gasteiger partial charge in [-0.05, 0) is 68.4 Å². The number of rotatable bonds is 6. The topological polar surface area (TPSA) is 63.6 Å². The summed E-state index contributed by atoms with van der Waals surface area (Å²) in [6, 6.07) is 11.7. The van der Waals surface area contributed by atoms with Crippen molar-refractivity contribution in [3.8, 4) is 17.3 Å². The normalized spacial score (nSPS) is 27.3. The maximum absolute atomic E-state index is 16.7. The molecule has 2 bridgehead atoms. The monoisotopic (exact) mass is 587 g/mol. The molecule has 0 amide bonds. The van der Waals surface area contributed by atoms with E-state index in [4.69, 9.17) is 31.0 Å². The minimum Gasteiger partial charge on any atom is -0.461 e. The van der Waals surface area contributed by atoms with E-state index in [0.29, 0.717) is 34.4 Å². The Morgan fingerprint density at radius 2 is 1.88 bits per heavy atom. The first kappa shape index (κ1) is 26.5. The molecule has 3 saturated heterocycles. The number of nitrogens with zero attached hydrogens (tertiary/aromatic N) is 5. The highest BCUT2D eigenvalue weighted by Crippen LogP contribution is 2.43. The number of ether oxygens (including phenoxy) is 2. The van der Waals surface area contributed by atoms with Crippen molar-refractivity contribution in [1.82, 2.24) is 19.9 Å². The second-order valence-corrected chi connectivity index (χ2v) is 13.1. The zero-order chi connectivity index (χ0) is 28.4. The molecule has 3 unspecified atom stereocenters. The van der Waals surface area contributed by atoms with Crippen LogP contribution in [0.25, 0.3) is 32.9 Å². The van der Waals surface area contributed by atoms with Crippen molar-refractivity contribution in [3.05, 3.63) is 53.4 Å². The van der Waals surface area contributed by atoms with E-state index in [0.717, 1.165) is 62.0 Å². The fourth-order valence-corrected chi connectivity index (χ4v) is 8.50. The lowest BCUT2D eigenvalue weighted by atomic mass is 9.94. The van der Waals surface area contributed by atoms with E-state index in [9.17, 15) is 0 Å². The van der Waals surface area contributed by atoms with Crippen molar-refractivity contribution >= 4 is 39.1 Å². The number of aromatic nitrogens is 3. The zero-order valence-corrected chi connectivity index (χ0v) is 24.6. The third-order valence-electron chi connectivity index (χ3n) is 10.2. The summed E-state index contributed by atoms with van der Waals surface area (Å²) in [6.45, 7) is 4.25. The molecule has 42 heavy (non-hydrogen) atoms. The molecule has 4 fully saturated rings. The Bertz CT molecular complexity index is 1670. The zero-order valence-electron chi connectivity index (χ0n) is 23.9. The number of methoxy groups -OCH3 is 1. The van der Waals surface area contributed by atoms with Gasteiger partial charge in [0.05, 0.1) is 17.0 Å². The molecule has 8 rings (SSSR count). The van der Waals surface area contributed by atoms with Crippen LogP contribution in [-0.2, 0) is 4.74 Å². The summed E-state index contributed by atoms with van der Waals surface area (Å²) in [6.07, 6.45) is 8.78. The summed E-state index contributed by atoms with van der Waals surface area (Å²) >= 11 is 6.62. The molecule has 4 aliphatic rings. The van der Waals surface area contributed by atoms with Crippen molar-refractivity contribution in [3.63, 3.8) is 0 Å². The number of pyridine rings is 1. The highest BCUT2D eigenvalue weighted by Gasteiger charge is 2.49. The Kier molecular flexibility index (Phi) is 6.50. The van der Waals surface area contributed by atoms with Crippen LogP contribution in [0.5, 0.6) is 6.01 Å². The van der Waals surface area contributed by atoms with E-state index in [1.165, 1.54) is 19.3 Å². The molecule has 7 nitrogen and oxygen atoms in total. The van der Waals surface area contributed by atoms with E-state index < -0.39 is 5.82 Å². The molecule has 4 atom stereocenters. The van der Waals surface area contributed by atoms with Crippen molar-refractivity contribution in [2.24, 2.45) is 11.8 Å². The number of anilines is 1. The molecule has 0 N–H and O–H groups in total. The van der Waals surface area contributed by atoms with E-state index in [-0.39, 0.29) is 28.9 Å². The van der Waals surface area contributed by atoms with Crippen molar-refractivity contribution in [1.29, 1.82) is 0 Å². The van der Waals surface area contributed by atoms with Crippen molar-refractivity contribution in [2.45, 2.75) is 50.2 Å². The lowest BCUT2D eigenvalue weighted by Gasteiger charge is -2.34. The average Bonchev–Trinajstić information content (AvgIpc) is 3.67. The van der Waals surface area contributed by atoms with E-state index in [2.05, 4.69) is 14.8 Å². The Balaban J connectivity index is 1.23. The minimum atomic E-state index is -0.477. The van der Waals surface area contributed by atoms with Crippen LogP contribution < -0.4 is 9.64 Å². The highest BCUT2D eigenvalue weighted by molar-refractivity contribution is 6.36. The second kappa shape index (κ2) is 10.3. The Labute approximate surface area is 250 Å². The van der Waals surface area contributed by atoms with Gasteiger partial charge in [-0.15, -0.1) is 0 Å². The molecule has 5 heterocycles. The summed E-state index contributed by atoms with van der Waals surface area (Å²) in [4.78, 5) is 19.2. The number of benzene rings is 2. The van der Waals surface area contributed by atoms with Gasteiger partial charge in [-0.3, -0.25) is 9.88 Å². The molecule has 1 saturated carbocycles. The number of hydrogen-bond acceptors (Lipinski definition) is 7. The van der Waals surface area contributed by atoms with Gasteiger partial charge in [0.15, 0.2) is 5.82 Å². The maximum Gasteiger partial charge on any atom is 0.319 e. The molecule has 9 heteroatoms. The third-order valence-corrected chi connectivity index (χ3v) is 10.5. The molecule has 4 aromatic rings. The summed E-state index contributed by atoms with van der Waals surface area (Å²) in [5.41, 5.74) is 1.03. The van der Waals surface area contributed by atoms with Gasteiger partial charge in [-0.1, -0.05) is 41.9 Å². The Morgan fingerprint density at radius 1 is 1.07 bits per heavy atom. The highest BCUT2D eigenvalue weighted by atomic mass is 35.5. The van der Waals surface area contributed by atoms with Crippen LogP contribution in [0.4, 0.5) is 10.2 Å². The van der Waals surface area contributed by atoms with Crippen LogP contribution in [0, 0.1) is 17.7 Å². The van der Waals surface area contributed by atoms with Crippen LogP contribution in [0.15, 0.2) is 42.6 Å². The quantitative estimate of drug-likeness (QED) is 0.255. The Hall–Kier alpha value is -3.07. The summed E-state index contributed by atoms with van der Waals surface area (Å²) < 4.78 is 28.8. The molecule has 218 valence electrons. The van der Waals surface area contributed by atoms with Crippen LogP contribution in [-0.4, -0.2) is 71.4 Å². The predicted molar refractivity (Wildman–Crippen MR) is 163 cm³/mol. The molecule has 2 aromatic carbocycles. The SMILES string of the molecule is CO[C@H]1CN2CCCC2(COc2nc(N3CC4CCC(C4)C3)c3cnc(-c4cccc5cccc(Cl)c45)c(F)c3n2)C1. The van der Waals surface area contributed by atoms with Gasteiger partial charge in [0.1, 0.15) is 23.6 Å². The van der Waals surface area contributed by atoms with E-state index in [1.54, 1.807) is 13.3 Å². The summed E-state index contributed by atoms with van der Waals surface area (Å²) in [5, 5.41) is 2.90. The first-order valence-corrected chi connectivity index (χ1v) is 15.6. The number of piperidine rings is 1. The van der Waals surface area contributed by atoms with Crippen LogP contribution in [0.1, 0.15) is 38.5 Å². The maximum atomic E-state index is 16.7. The lowest BCUT2D eigenvalue weighted by molar-refractivity contribution is 0.0997. The molecule has 0 radical (unpaired) electrons. The molecule has 3 aliphatic heterocycles. The standard InChI is InChI=1S/C33H35ClFN5O2/c1-41-23-14-33(11-4-12-40(33)18-23)19-42-32-37-30-25(31(38-32)39-16-20-9-10-21(13-20)17-39)15-36-29(28(30)35)24-7-2-5-22-6-3-8-26(34)27(22)24/h2-3,5-8,15,20-21,23H,4,9-14,16-19H2,1H3/t20?,21?,23-,33?/m1/s1. The lowest BCUT2D eigenvalue weighted by Crippen LogP contribution is -2.43. The Morgan fingerprint density at radius 3 is 2.69 bits per heavy atom. The van der Waals surface area contributed by atoms with Crippen LogP contribution in [0.2, 0.25) is 5.02 Å². The molecular weight excluding hydrogens is 553 g/mol. The second-order valence-electron chi connectivity index (χ2n) is 12.7. The smallest absolute Gasteiger partial charge is 0.319 e. The third kappa shape index (κ3) is 4.33. The number of halogens is 2. The summed E-state index contributed by atoms with van der Waals surface area (Å²) in [7, 11) is 1.78. The van der Waals surface area contributed by atoms with E-state index in [1.807, 2.05) is 36.4 Å². The largest absolute Gasteiger partial charge is 0.461 e. The first-order chi connectivity index (χ1) is 20.5. The number of hydrogen-bond donors (Lipinski definition) is 0. The molecule has 0 spiro atoms. The van der Waals surface area contributed by atoms with E-state index >= 15 is 4.39 Å². The fourth-order valence-electron chi connectivity index (χ4n) is 8.21. The first-order valence-electron chi connectivity index (χ1n) is 15.2. The minimum absolute atomic E-state index is 0.0922. The molecule has 2 aromatic heterocycles. The van der Waals surface area contributed by atoms with Crippen LogP contribution >= 0.6 is 11.6 Å². The van der Waals surface area contributed by atoms with Gasteiger partial charge in [-0.2, -0.15) is 9.97 Å². The van der Waals surface area contributed by atoms with Crippen LogP contribution in [0.3, 0.4) is 0 Å². The molecule has 1 aliphatic carbocycles. The average molecular weight is 588 g/mol. The van der Waals surface area contributed by atoms with Gasteiger partial charge in [0, 0.05) is 48.9 Å². The van der Waals surface area contributed by atoms with Crippen molar-refractivity contribution < 1.29 is 13.9 Å². The van der Waals surface area contributed by atoms with Crippen molar-refractivity contribution in [2.75, 3.05) is 44.8 Å². The summed E-state index contributed by atoms with van der Waals surface area (Å²) in [5.74, 6) is 1.53. The van der Waals surface area contributed by atoms with Gasteiger partial charge in [-0.25, -0.2) is 4.39 Å². The van der Waals surface area contributed by atoms with Gasteiger partial charge in [0.25, 0.3) is 0 Å². The fraction of sp³-hybridized carbons (Fsp3) is 0.485. The van der Waals surface area contributed by atoms with Gasteiger partial charge < -0.3 is 14.4 Å². The predicted octanol–water partition coefficient (Wildman–Crippen LogP) is 6.51. The molecular formula is C33H35ClFN5O2.